The molecule has 0 fully saturated rings. The Kier molecular flexibility index (Phi) is 20.5. The minimum Gasteiger partial charge on any atom is -0.494 e. The molecule has 6 heteroatoms. The third kappa shape index (κ3) is 16.0. The molecule has 2 aromatic rings. The molecule has 0 saturated carbocycles. The van der Waals surface area contributed by atoms with Crippen LogP contribution in [0.15, 0.2) is 85.0 Å². The fourth-order valence-corrected chi connectivity index (χ4v) is 2.81. The van der Waals surface area contributed by atoms with E-state index in [0.717, 1.165) is 35.7 Å². The molecular formula is C29H35N2O2SZr. The van der Waals surface area contributed by atoms with E-state index in [9.17, 15) is 0 Å². The summed E-state index contributed by atoms with van der Waals surface area (Å²) in [5, 5.41) is 6.80. The predicted molar refractivity (Wildman–Crippen MR) is 149 cm³/mol. The van der Waals surface area contributed by atoms with Gasteiger partial charge >= 0.3 is 26.2 Å². The topological polar surface area (TPSA) is 42.5 Å². The van der Waals surface area contributed by atoms with Crippen molar-refractivity contribution >= 4 is 28.7 Å². The molecule has 0 atom stereocenters. The Morgan fingerprint density at radius 2 is 1.14 bits per heavy atom. The molecule has 2 aromatic carbocycles. The van der Waals surface area contributed by atoms with Gasteiger partial charge in [0.15, 0.2) is 5.11 Å². The fourth-order valence-electron chi connectivity index (χ4n) is 2.58. The van der Waals surface area contributed by atoms with Gasteiger partial charge in [-0.25, -0.2) is 24.3 Å². The summed E-state index contributed by atoms with van der Waals surface area (Å²) >= 11 is 5.30. The maximum atomic E-state index is 5.40. The normalized spacial score (nSPS) is 11.4. The molecule has 4 nitrogen and oxygen atoms in total. The summed E-state index contributed by atoms with van der Waals surface area (Å²) < 4.78 is 10.8. The molecule has 2 N–H and O–H groups in total. The van der Waals surface area contributed by atoms with Crippen molar-refractivity contribution in [1.82, 2.24) is 0 Å². The molecule has 0 aromatic heterocycles. The average Bonchev–Trinajstić information content (AvgIpc) is 3.63. The van der Waals surface area contributed by atoms with Gasteiger partial charge in [0, 0.05) is 11.4 Å². The van der Waals surface area contributed by atoms with E-state index in [2.05, 4.69) is 41.9 Å². The van der Waals surface area contributed by atoms with E-state index in [1.165, 1.54) is 0 Å². The Morgan fingerprint density at radius 3 is 1.37 bits per heavy atom. The molecule has 35 heavy (non-hydrogen) atoms. The van der Waals surface area contributed by atoms with E-state index in [1.807, 2.05) is 86.7 Å². The molecule has 1 radical (unpaired) electrons. The third-order valence-electron chi connectivity index (χ3n) is 4.02. The van der Waals surface area contributed by atoms with Gasteiger partial charge in [-0.1, -0.05) is 0 Å². The van der Waals surface area contributed by atoms with Gasteiger partial charge in [0.05, 0.1) is 13.2 Å². The van der Waals surface area contributed by atoms with Crippen molar-refractivity contribution in [2.75, 3.05) is 23.8 Å². The Hall–Kier alpha value is -2.43. The van der Waals surface area contributed by atoms with Gasteiger partial charge in [-0.05, 0) is 74.6 Å². The number of benzene rings is 2. The quantitative estimate of drug-likeness (QED) is 0.277. The first-order valence-corrected chi connectivity index (χ1v) is 11.8. The first kappa shape index (κ1) is 32.6. The molecule has 0 unspecified atom stereocenters. The zero-order valence-electron chi connectivity index (χ0n) is 20.8. The summed E-state index contributed by atoms with van der Waals surface area (Å²) in [6.45, 7) is 10.2. The van der Waals surface area contributed by atoms with Gasteiger partial charge in [-0.15, -0.1) is 12.8 Å². The zero-order chi connectivity index (χ0) is 24.9. The van der Waals surface area contributed by atoms with E-state index in [0.29, 0.717) is 18.3 Å². The average molecular weight is 567 g/mol. The van der Waals surface area contributed by atoms with Crippen LogP contribution in [-0.4, -0.2) is 18.3 Å². The van der Waals surface area contributed by atoms with E-state index >= 15 is 0 Å². The second-order valence-electron chi connectivity index (χ2n) is 6.50. The van der Waals surface area contributed by atoms with E-state index in [-0.39, 0.29) is 26.2 Å². The van der Waals surface area contributed by atoms with Crippen LogP contribution in [-0.2, 0) is 26.2 Å². The van der Waals surface area contributed by atoms with Crippen molar-refractivity contribution < 1.29 is 35.7 Å². The number of allylic oxidation sites excluding steroid dienone is 8. The van der Waals surface area contributed by atoms with Crippen LogP contribution >= 0.6 is 12.2 Å². The van der Waals surface area contributed by atoms with Crippen molar-refractivity contribution in [2.45, 2.75) is 33.6 Å². The van der Waals surface area contributed by atoms with Crippen LogP contribution in [0.3, 0.4) is 0 Å². The number of rotatable bonds is 6. The first-order chi connectivity index (χ1) is 16.7. The van der Waals surface area contributed by atoms with Gasteiger partial charge in [-0.2, -0.15) is 19.1 Å². The maximum absolute atomic E-state index is 5.40. The Morgan fingerprint density at radius 1 is 0.771 bits per heavy atom. The molecule has 0 heterocycles. The second-order valence-corrected chi connectivity index (χ2v) is 6.91. The largest absolute Gasteiger partial charge is 3.00 e. The summed E-state index contributed by atoms with van der Waals surface area (Å²) in [7, 11) is 0. The fraction of sp³-hybridized carbons (Fsp3) is 0.241. The summed E-state index contributed by atoms with van der Waals surface area (Å²) in [5.41, 5.74) is 1.82. The number of hydrogen-bond donors (Lipinski definition) is 2. The second kappa shape index (κ2) is 22.1. The van der Waals surface area contributed by atoms with Crippen LogP contribution in [0.4, 0.5) is 11.4 Å². The SMILES string of the molecule is CCOc1ccc(NC(=S)Nc2ccc(OCC)cc2)cc1.[C-]1=CC=CC1.[C-]1=CC=CC1.[CH2-]C.[Zr+3]. The number of hydrogen-bond acceptors (Lipinski definition) is 3. The summed E-state index contributed by atoms with van der Waals surface area (Å²) in [4.78, 5) is 0. The molecule has 0 bridgehead atoms. The van der Waals surface area contributed by atoms with Gasteiger partial charge in [0.2, 0.25) is 0 Å². The summed E-state index contributed by atoms with van der Waals surface area (Å²) in [5.74, 6) is 1.69. The van der Waals surface area contributed by atoms with Crippen molar-refractivity contribution in [2.24, 2.45) is 0 Å². The van der Waals surface area contributed by atoms with Gasteiger partial charge in [0.25, 0.3) is 0 Å². The molecule has 0 spiro atoms. The van der Waals surface area contributed by atoms with Crippen molar-refractivity contribution in [3.8, 4) is 11.5 Å². The number of ether oxygens (including phenoxy) is 2. The van der Waals surface area contributed by atoms with E-state index in [1.54, 1.807) is 6.92 Å². The Labute approximate surface area is 236 Å². The van der Waals surface area contributed by atoms with Crippen LogP contribution < -0.4 is 20.1 Å². The van der Waals surface area contributed by atoms with Crippen LogP contribution in [0.2, 0.25) is 0 Å². The van der Waals surface area contributed by atoms with Gasteiger partial charge in [0.1, 0.15) is 11.5 Å². The van der Waals surface area contributed by atoms with Gasteiger partial charge < -0.3 is 27.0 Å². The van der Waals surface area contributed by atoms with Crippen LogP contribution in [0.1, 0.15) is 33.6 Å². The molecule has 0 saturated heterocycles. The predicted octanol–water partition coefficient (Wildman–Crippen LogP) is 7.74. The first-order valence-electron chi connectivity index (χ1n) is 11.4. The summed E-state index contributed by atoms with van der Waals surface area (Å²) in [6, 6.07) is 15.3. The van der Waals surface area contributed by atoms with Crippen molar-refractivity contribution in [3.05, 3.63) is 104 Å². The van der Waals surface area contributed by atoms with E-state index in [4.69, 9.17) is 21.7 Å². The molecule has 2 aliphatic rings. The molecule has 4 rings (SSSR count). The van der Waals surface area contributed by atoms with Crippen molar-refractivity contribution in [1.29, 1.82) is 0 Å². The standard InChI is InChI=1S/C17H20N2O2S.2C5H5.C2H5.Zr/c1-3-20-15-9-5-13(6-10-15)18-17(22)19-14-7-11-16(12-8-14)21-4-2;2*1-2-4-5-3-1;1-2;/h5-12H,3-4H2,1-2H3,(H2,18,19,22);2*1-3H,4H2;1H2,2H3;/q;3*-1;+3. The number of anilines is 2. The van der Waals surface area contributed by atoms with Crippen LogP contribution in [0, 0.1) is 19.1 Å². The number of nitrogens with one attached hydrogen (secondary N) is 2. The van der Waals surface area contributed by atoms with Gasteiger partial charge in [-0.3, -0.25) is 12.2 Å². The molecular weight excluding hydrogens is 532 g/mol. The smallest absolute Gasteiger partial charge is 0.494 e. The summed E-state index contributed by atoms with van der Waals surface area (Å²) in [6.07, 6.45) is 20.0. The monoisotopic (exact) mass is 565 g/mol. The van der Waals surface area contributed by atoms with Crippen molar-refractivity contribution in [3.63, 3.8) is 0 Å². The van der Waals surface area contributed by atoms with E-state index < -0.39 is 0 Å². The molecule has 0 aliphatic heterocycles. The number of thiocarbonyl (C=S) groups is 1. The molecule has 183 valence electrons. The third-order valence-corrected chi connectivity index (χ3v) is 4.22. The maximum Gasteiger partial charge on any atom is 3.00 e. The van der Waals surface area contributed by atoms with Crippen LogP contribution in [0.5, 0.6) is 11.5 Å². The minimum atomic E-state index is 0. The minimum absolute atomic E-state index is 0. The Bertz CT molecular complexity index is 825. The Balaban J connectivity index is 0.000000725. The zero-order valence-corrected chi connectivity index (χ0v) is 24.1. The van der Waals surface area contributed by atoms with Crippen LogP contribution in [0.25, 0.3) is 0 Å². The molecule has 2 aliphatic carbocycles. The molecule has 0 amide bonds.